The fourth-order valence-corrected chi connectivity index (χ4v) is 5.73. The zero-order chi connectivity index (χ0) is 32.5. The quantitative estimate of drug-likeness (QED) is 0.0402. The maximum absolute atomic E-state index is 12.4. The van der Waals surface area contributed by atoms with Crippen molar-refractivity contribution in [3.63, 3.8) is 0 Å². The first-order valence-corrected chi connectivity index (χ1v) is 15.2. The number of allylic oxidation sites excluding steroid dienone is 2. The Morgan fingerprint density at radius 1 is 1.13 bits per heavy atom. The molecule has 2 atom stereocenters. The fourth-order valence-electron chi connectivity index (χ4n) is 4.47. The van der Waals surface area contributed by atoms with Gasteiger partial charge in [0.25, 0.3) is 5.95 Å². The van der Waals surface area contributed by atoms with Crippen LogP contribution < -0.4 is 14.9 Å². The monoisotopic (exact) mass is 654 g/mol. The first kappa shape index (κ1) is 33.4. The van der Waals surface area contributed by atoms with Crippen molar-refractivity contribution in [3.8, 4) is 17.4 Å². The van der Waals surface area contributed by atoms with E-state index in [4.69, 9.17) is 30.3 Å². The highest BCUT2D eigenvalue weighted by Crippen LogP contribution is 2.36. The molecule has 0 bridgehead atoms. The molecule has 3 N–H and O–H groups in total. The molecule has 0 amide bonds. The van der Waals surface area contributed by atoms with E-state index < -0.39 is 28.9 Å². The number of aliphatic hydroxyl groups excluding tert-OH is 1. The van der Waals surface area contributed by atoms with Gasteiger partial charge in [0.05, 0.1) is 41.2 Å². The van der Waals surface area contributed by atoms with E-state index in [0.717, 1.165) is 12.5 Å². The van der Waals surface area contributed by atoms with Gasteiger partial charge in [-0.15, -0.1) is 11.8 Å². The number of carboxylic acid groups (broad SMARTS) is 1. The van der Waals surface area contributed by atoms with Crippen LogP contribution >= 0.6 is 23.4 Å². The Morgan fingerprint density at radius 3 is 2.62 bits per heavy atom. The number of hydrogen-bond donors (Lipinski definition) is 3. The number of benzene rings is 2. The van der Waals surface area contributed by atoms with Crippen LogP contribution in [0.4, 0.5) is 4.79 Å². The third-order valence-electron chi connectivity index (χ3n) is 6.59. The number of halogens is 1. The largest absolute Gasteiger partial charge is 0.513 e. The second kappa shape index (κ2) is 15.5. The van der Waals surface area contributed by atoms with E-state index in [9.17, 15) is 24.6 Å². The molecule has 0 aliphatic heterocycles. The predicted octanol–water partition coefficient (Wildman–Crippen LogP) is 7.73. The summed E-state index contributed by atoms with van der Waals surface area (Å²) >= 11 is 7.20. The minimum Gasteiger partial charge on any atom is -0.507 e. The zero-order valence-electron chi connectivity index (χ0n) is 24.4. The van der Waals surface area contributed by atoms with Crippen LogP contribution in [0.1, 0.15) is 54.3 Å². The molecule has 10 nitrogen and oxygen atoms in total. The average Bonchev–Trinajstić information content (AvgIpc) is 3.42. The molecule has 0 unspecified atom stereocenters. The Labute approximate surface area is 267 Å². The molecule has 4 aromatic rings. The first-order valence-electron chi connectivity index (χ1n) is 14.0. The molecule has 12 heteroatoms. The van der Waals surface area contributed by atoms with E-state index in [1.165, 1.54) is 31.0 Å². The summed E-state index contributed by atoms with van der Waals surface area (Å²) in [7, 11) is 0. The highest BCUT2D eigenvalue weighted by molar-refractivity contribution is 8.00. The number of furan rings is 1. The lowest BCUT2D eigenvalue weighted by Gasteiger charge is -2.18. The van der Waals surface area contributed by atoms with Crippen LogP contribution in [0.15, 0.2) is 91.6 Å². The van der Waals surface area contributed by atoms with Crippen molar-refractivity contribution in [3.05, 3.63) is 105 Å². The number of fused-ring (bicyclic) bond motifs is 1. The molecule has 45 heavy (non-hydrogen) atoms. The summed E-state index contributed by atoms with van der Waals surface area (Å²) in [5, 5.41) is 30.4. The molecule has 2 heterocycles. The van der Waals surface area contributed by atoms with Crippen molar-refractivity contribution >= 4 is 46.3 Å². The molecular weight excluding hydrogens is 624 g/mol. The predicted molar refractivity (Wildman–Crippen MR) is 170 cm³/mol. The molecule has 0 spiro atoms. The summed E-state index contributed by atoms with van der Waals surface area (Å²) in [6, 6.07) is 10.5. The van der Waals surface area contributed by atoms with Gasteiger partial charge in [-0.2, -0.15) is 0 Å². The van der Waals surface area contributed by atoms with Crippen molar-refractivity contribution < 1.29 is 43.2 Å². The summed E-state index contributed by atoms with van der Waals surface area (Å²) in [5.74, 6) is -0.166. The van der Waals surface area contributed by atoms with Crippen molar-refractivity contribution in [1.82, 2.24) is 0 Å². The molecule has 236 valence electrons. The van der Waals surface area contributed by atoms with Crippen LogP contribution in [-0.2, 0) is 6.42 Å². The van der Waals surface area contributed by atoms with Gasteiger partial charge in [0, 0.05) is 22.1 Å². The lowest BCUT2D eigenvalue weighted by molar-refractivity contribution is 0.101. The highest BCUT2D eigenvalue weighted by atomic mass is 35.5. The smallest absolute Gasteiger partial charge is 0.507 e. The number of phenols is 1. The minimum absolute atomic E-state index is 0.0380. The molecule has 0 aliphatic rings. The van der Waals surface area contributed by atoms with Gasteiger partial charge in [-0.3, -0.25) is 9.59 Å². The Bertz CT molecular complexity index is 1790. The maximum Gasteiger partial charge on any atom is 0.513 e. The number of ketones is 1. The van der Waals surface area contributed by atoms with E-state index in [-0.39, 0.29) is 33.3 Å². The van der Waals surface area contributed by atoms with Crippen LogP contribution in [-0.4, -0.2) is 39.1 Å². The number of ether oxygens (including phenoxy) is 2. The lowest BCUT2D eigenvalue weighted by atomic mass is 10.0. The Morgan fingerprint density at radius 2 is 1.93 bits per heavy atom. The summed E-state index contributed by atoms with van der Waals surface area (Å²) in [4.78, 5) is 35.7. The van der Waals surface area contributed by atoms with E-state index in [1.54, 1.807) is 42.5 Å². The maximum atomic E-state index is 12.4. The van der Waals surface area contributed by atoms with Gasteiger partial charge in [-0.05, 0) is 61.7 Å². The van der Waals surface area contributed by atoms with Gasteiger partial charge in [-0.1, -0.05) is 37.6 Å². The topological polar surface area (TPSA) is 157 Å². The van der Waals surface area contributed by atoms with Crippen molar-refractivity contribution in [2.75, 3.05) is 6.61 Å². The van der Waals surface area contributed by atoms with Gasteiger partial charge in [0.15, 0.2) is 16.4 Å². The number of hydrogen-bond acceptors (Lipinski definition) is 10. The number of Topliss-reactive ketones (excluding diaryl/α,β-unsaturated/α-hetero) is 1. The van der Waals surface area contributed by atoms with Crippen molar-refractivity contribution in [2.24, 2.45) is 0 Å². The normalized spacial score (nSPS) is 13.0. The van der Waals surface area contributed by atoms with E-state index in [1.807, 2.05) is 19.1 Å². The molecule has 2 aromatic heterocycles. The molecule has 2 aromatic carbocycles. The third kappa shape index (κ3) is 8.81. The van der Waals surface area contributed by atoms with E-state index >= 15 is 0 Å². The number of thioether (sulfide) groups is 1. The van der Waals surface area contributed by atoms with Crippen LogP contribution in [0, 0.1) is 0 Å². The minimum atomic E-state index is -1.61. The number of rotatable bonds is 14. The van der Waals surface area contributed by atoms with E-state index in [0.29, 0.717) is 41.2 Å². The van der Waals surface area contributed by atoms with Gasteiger partial charge in [0.2, 0.25) is 0 Å². The Kier molecular flexibility index (Phi) is 11.5. The van der Waals surface area contributed by atoms with Gasteiger partial charge >= 0.3 is 6.16 Å². The second-order valence-corrected chi connectivity index (χ2v) is 11.5. The first-order chi connectivity index (χ1) is 21.6. The van der Waals surface area contributed by atoms with Crippen molar-refractivity contribution in [1.29, 1.82) is 0 Å². The number of aromatic hydroxyl groups is 1. The Hall–Kier alpha value is -4.45. The lowest BCUT2D eigenvalue weighted by Crippen LogP contribution is -2.12. The number of phenolic OH excluding ortho intramolecular Hbond substituents is 1. The molecule has 0 saturated carbocycles. The highest BCUT2D eigenvalue weighted by Gasteiger charge is 2.22. The molecule has 0 radical (unpaired) electrons. The fraction of sp³-hybridized carbons (Fsp3) is 0.242. The van der Waals surface area contributed by atoms with Gasteiger partial charge < -0.3 is 33.6 Å². The van der Waals surface area contributed by atoms with Crippen molar-refractivity contribution in [2.45, 2.75) is 49.4 Å². The van der Waals surface area contributed by atoms with Crippen LogP contribution in [0.25, 0.3) is 11.0 Å². The molecule has 4 rings (SSSR count). The molecule has 0 aliphatic carbocycles. The van der Waals surface area contributed by atoms with Crippen LogP contribution in [0.5, 0.6) is 17.4 Å². The molecule has 0 saturated heterocycles. The Balaban J connectivity index is 1.47. The average molecular weight is 655 g/mol. The summed E-state index contributed by atoms with van der Waals surface area (Å²) in [5.41, 5.74) is 1.01. The van der Waals surface area contributed by atoms with Crippen LogP contribution in [0.3, 0.4) is 0 Å². The SMILES string of the molecule is CCCc1c(OCC/C=C\C=C\[C@H](Sc2ccc3c(=O)cc(OC(=O)O)oc3c2)[C@H](O)c2coc(Cl)c2)ccc(C(C)=O)c1O. The second-order valence-electron chi connectivity index (χ2n) is 9.86. The van der Waals surface area contributed by atoms with Gasteiger partial charge in [-0.25, -0.2) is 4.79 Å². The zero-order valence-corrected chi connectivity index (χ0v) is 26.0. The standard InChI is InChI=1S/C33H31ClO10S/c1-3-8-24-26(13-12-22(19(2)35)32(24)38)41-14-7-5-4-6-9-28(31(37)20-15-29(34)42-18-20)45-21-10-11-23-25(36)17-30(44-33(39)40)43-27(23)16-21/h4-6,9-13,15-18,28,31,37-38H,3,7-8,14H2,1-2H3,(H,39,40)/b5-4-,9-6+/t28-,31+/m0/s1. The number of aliphatic hydroxyl groups is 1. The third-order valence-corrected chi connectivity index (χ3v) is 8.00. The van der Waals surface area contributed by atoms with E-state index in [2.05, 4.69) is 4.74 Å². The number of carbonyl (C=O) groups is 2. The molecule has 0 fully saturated rings. The summed E-state index contributed by atoms with van der Waals surface area (Å²) in [6.45, 7) is 3.73. The summed E-state index contributed by atoms with van der Waals surface area (Å²) < 4.78 is 21.0. The van der Waals surface area contributed by atoms with Crippen LogP contribution in [0.2, 0.25) is 5.22 Å². The van der Waals surface area contributed by atoms with Gasteiger partial charge in [0.1, 0.15) is 17.1 Å². The summed E-state index contributed by atoms with van der Waals surface area (Å²) in [6.07, 6.45) is 7.89. The molecular formula is C33H31ClO10S. The number of carbonyl (C=O) groups excluding carboxylic acids is 1.